The van der Waals surface area contributed by atoms with Gasteiger partial charge in [-0.3, -0.25) is 4.79 Å². The Morgan fingerprint density at radius 2 is 1.70 bits per heavy atom. The number of carbonyl (C=O) groups excluding carboxylic acids is 2. The van der Waals surface area contributed by atoms with Gasteiger partial charge in [-0.1, -0.05) is 41.4 Å². The van der Waals surface area contributed by atoms with Gasteiger partial charge in [0.25, 0.3) is 5.91 Å². The number of carbonyl (C=O) groups is 2. The molecule has 0 aromatic heterocycles. The fraction of sp³-hybridized carbons (Fsp3) is 0.176. The second-order valence-electron chi connectivity index (χ2n) is 4.91. The first kappa shape index (κ1) is 17.3. The van der Waals surface area contributed by atoms with E-state index in [4.69, 9.17) is 27.9 Å². The molecule has 120 valence electrons. The van der Waals surface area contributed by atoms with Crippen LogP contribution >= 0.6 is 23.2 Å². The molecule has 0 radical (unpaired) electrons. The highest BCUT2D eigenvalue weighted by Gasteiger charge is 2.23. The van der Waals surface area contributed by atoms with Gasteiger partial charge in [-0.05, 0) is 37.3 Å². The molecule has 0 aliphatic rings. The fourth-order valence-electron chi connectivity index (χ4n) is 1.95. The lowest BCUT2D eigenvalue weighted by Gasteiger charge is -2.21. The van der Waals surface area contributed by atoms with E-state index < -0.39 is 12.1 Å². The second-order valence-corrected chi connectivity index (χ2v) is 5.72. The van der Waals surface area contributed by atoms with Gasteiger partial charge in [0.1, 0.15) is 0 Å². The molecule has 0 saturated heterocycles. The Morgan fingerprint density at radius 3 is 2.30 bits per heavy atom. The number of anilines is 1. The van der Waals surface area contributed by atoms with Crippen molar-refractivity contribution in [1.29, 1.82) is 0 Å². The van der Waals surface area contributed by atoms with Crippen LogP contribution in [0.15, 0.2) is 48.5 Å². The zero-order valence-corrected chi connectivity index (χ0v) is 14.1. The molecule has 0 saturated carbocycles. The molecule has 2 aromatic carbocycles. The van der Waals surface area contributed by atoms with E-state index in [1.807, 2.05) is 18.2 Å². The monoisotopic (exact) mass is 351 g/mol. The molecular formula is C17H15Cl2NO3. The standard InChI is InChI=1S/C17H15Cl2NO3/c1-11(16(21)20(2)13-6-4-3-5-7-13)23-17(22)12-8-9-14(18)15(19)10-12/h3-11H,1-2H3. The van der Waals surface area contributed by atoms with Crippen molar-refractivity contribution in [2.24, 2.45) is 0 Å². The van der Waals surface area contributed by atoms with Crippen molar-refractivity contribution in [2.45, 2.75) is 13.0 Å². The summed E-state index contributed by atoms with van der Waals surface area (Å²) < 4.78 is 5.20. The lowest BCUT2D eigenvalue weighted by molar-refractivity contribution is -0.126. The fourth-order valence-corrected chi connectivity index (χ4v) is 2.25. The maximum absolute atomic E-state index is 12.3. The normalized spacial score (nSPS) is 11.7. The minimum Gasteiger partial charge on any atom is -0.449 e. The lowest BCUT2D eigenvalue weighted by Crippen LogP contribution is -2.37. The summed E-state index contributed by atoms with van der Waals surface area (Å²) in [7, 11) is 1.63. The Kier molecular flexibility index (Phi) is 5.64. The van der Waals surface area contributed by atoms with E-state index in [-0.39, 0.29) is 16.5 Å². The summed E-state index contributed by atoms with van der Waals surface area (Å²) in [6.07, 6.45) is -0.929. The molecule has 0 aliphatic carbocycles. The highest BCUT2D eigenvalue weighted by molar-refractivity contribution is 6.42. The van der Waals surface area contributed by atoms with Crippen LogP contribution in [-0.4, -0.2) is 25.0 Å². The number of ether oxygens (including phenoxy) is 1. The molecule has 6 heteroatoms. The van der Waals surface area contributed by atoms with Gasteiger partial charge in [0.2, 0.25) is 0 Å². The van der Waals surface area contributed by atoms with E-state index in [9.17, 15) is 9.59 Å². The van der Waals surface area contributed by atoms with Crippen LogP contribution in [0.2, 0.25) is 10.0 Å². The predicted octanol–water partition coefficient (Wildman–Crippen LogP) is 4.20. The van der Waals surface area contributed by atoms with Gasteiger partial charge in [-0.25, -0.2) is 4.79 Å². The molecular weight excluding hydrogens is 337 g/mol. The van der Waals surface area contributed by atoms with E-state index in [2.05, 4.69) is 0 Å². The van der Waals surface area contributed by atoms with Crippen LogP contribution in [-0.2, 0) is 9.53 Å². The highest BCUT2D eigenvalue weighted by atomic mass is 35.5. The minimum absolute atomic E-state index is 0.237. The molecule has 2 aromatic rings. The largest absolute Gasteiger partial charge is 0.449 e. The first-order valence-electron chi connectivity index (χ1n) is 6.89. The summed E-state index contributed by atoms with van der Waals surface area (Å²) in [5.41, 5.74) is 0.955. The van der Waals surface area contributed by atoms with E-state index in [0.29, 0.717) is 5.02 Å². The van der Waals surface area contributed by atoms with E-state index in [1.54, 1.807) is 19.2 Å². The molecule has 4 nitrogen and oxygen atoms in total. The van der Waals surface area contributed by atoms with Crippen molar-refractivity contribution < 1.29 is 14.3 Å². The molecule has 0 N–H and O–H groups in total. The Labute approximate surface area is 144 Å². The molecule has 1 unspecified atom stereocenters. The molecule has 23 heavy (non-hydrogen) atoms. The number of rotatable bonds is 4. The van der Waals surface area contributed by atoms with E-state index in [0.717, 1.165) is 5.69 Å². The minimum atomic E-state index is -0.929. The molecule has 1 atom stereocenters. The number of halogens is 2. The molecule has 2 rings (SSSR count). The number of hydrogen-bond acceptors (Lipinski definition) is 3. The number of esters is 1. The van der Waals surface area contributed by atoms with Gasteiger partial charge in [0.15, 0.2) is 6.10 Å². The Morgan fingerprint density at radius 1 is 1.04 bits per heavy atom. The first-order chi connectivity index (χ1) is 10.9. The number of benzene rings is 2. The van der Waals surface area contributed by atoms with Crippen LogP contribution in [0.5, 0.6) is 0 Å². The molecule has 0 bridgehead atoms. The summed E-state index contributed by atoms with van der Waals surface area (Å²) in [6, 6.07) is 13.5. The van der Waals surface area contributed by atoms with Crippen molar-refractivity contribution in [3.05, 3.63) is 64.1 Å². The molecule has 0 heterocycles. The Balaban J connectivity index is 2.05. The number of hydrogen-bond donors (Lipinski definition) is 0. The summed E-state index contributed by atoms with van der Waals surface area (Å²) in [4.78, 5) is 25.9. The quantitative estimate of drug-likeness (QED) is 0.775. The van der Waals surface area contributed by atoms with E-state index >= 15 is 0 Å². The molecule has 1 amide bonds. The highest BCUT2D eigenvalue weighted by Crippen LogP contribution is 2.23. The first-order valence-corrected chi connectivity index (χ1v) is 7.64. The van der Waals surface area contributed by atoms with Gasteiger partial charge in [-0.15, -0.1) is 0 Å². The Bertz CT molecular complexity index is 719. The average Bonchev–Trinajstić information content (AvgIpc) is 2.56. The van der Waals surface area contributed by atoms with Crippen molar-refractivity contribution >= 4 is 40.8 Å². The Hall–Kier alpha value is -2.04. The zero-order chi connectivity index (χ0) is 17.0. The third-order valence-electron chi connectivity index (χ3n) is 3.26. The second kappa shape index (κ2) is 7.49. The van der Waals surface area contributed by atoms with Crippen LogP contribution in [0.4, 0.5) is 5.69 Å². The van der Waals surface area contributed by atoms with Crippen LogP contribution in [0.1, 0.15) is 17.3 Å². The van der Waals surface area contributed by atoms with Gasteiger partial charge in [0.05, 0.1) is 15.6 Å². The predicted molar refractivity (Wildman–Crippen MR) is 91.2 cm³/mol. The van der Waals surface area contributed by atoms with Gasteiger partial charge in [0, 0.05) is 12.7 Å². The van der Waals surface area contributed by atoms with Crippen molar-refractivity contribution in [1.82, 2.24) is 0 Å². The zero-order valence-electron chi connectivity index (χ0n) is 12.6. The summed E-state index contributed by atoms with van der Waals surface area (Å²) in [5, 5.41) is 0.595. The maximum Gasteiger partial charge on any atom is 0.338 e. The molecule has 0 spiro atoms. The number of likely N-dealkylation sites (N-methyl/N-ethyl adjacent to an activating group) is 1. The number of amides is 1. The van der Waals surface area contributed by atoms with Crippen molar-refractivity contribution in [2.75, 3.05) is 11.9 Å². The topological polar surface area (TPSA) is 46.6 Å². The van der Waals surface area contributed by atoms with Gasteiger partial charge in [-0.2, -0.15) is 0 Å². The van der Waals surface area contributed by atoms with Crippen LogP contribution < -0.4 is 4.90 Å². The summed E-state index contributed by atoms with van der Waals surface area (Å²) in [5.74, 6) is -0.963. The number of nitrogens with zero attached hydrogens (tertiary/aromatic N) is 1. The third-order valence-corrected chi connectivity index (χ3v) is 4.00. The van der Waals surface area contributed by atoms with Gasteiger partial charge < -0.3 is 9.64 Å². The smallest absolute Gasteiger partial charge is 0.338 e. The SMILES string of the molecule is CC(OC(=O)c1ccc(Cl)c(Cl)c1)C(=O)N(C)c1ccccc1. The average molecular weight is 352 g/mol. The van der Waals surface area contributed by atoms with Crippen molar-refractivity contribution in [3.8, 4) is 0 Å². The third kappa shape index (κ3) is 4.24. The summed E-state index contributed by atoms with van der Waals surface area (Å²) >= 11 is 11.7. The molecule has 0 fully saturated rings. The van der Waals surface area contributed by atoms with Crippen LogP contribution in [0.25, 0.3) is 0 Å². The van der Waals surface area contributed by atoms with Crippen LogP contribution in [0, 0.1) is 0 Å². The maximum atomic E-state index is 12.3. The van der Waals surface area contributed by atoms with E-state index in [1.165, 1.54) is 30.0 Å². The summed E-state index contributed by atoms with van der Waals surface area (Å²) in [6.45, 7) is 1.52. The van der Waals surface area contributed by atoms with Crippen molar-refractivity contribution in [3.63, 3.8) is 0 Å². The van der Waals surface area contributed by atoms with Gasteiger partial charge >= 0.3 is 5.97 Å². The number of para-hydroxylation sites is 1. The van der Waals surface area contributed by atoms with Crippen LogP contribution in [0.3, 0.4) is 0 Å². The molecule has 0 aliphatic heterocycles. The lowest BCUT2D eigenvalue weighted by atomic mass is 10.2.